The van der Waals surface area contributed by atoms with Gasteiger partial charge in [-0.05, 0) is 42.5 Å². The average molecular weight is 350 g/mol. The molecule has 0 saturated carbocycles. The molecule has 0 unspecified atom stereocenters. The second-order valence-corrected chi connectivity index (χ2v) is 7.11. The molecular weight excluding hydrogens is 336 g/mol. The lowest BCUT2D eigenvalue weighted by Gasteiger charge is -2.10. The monoisotopic (exact) mass is 350 g/mol. The standard InChI is InChI=1S/C18H14N4O2S/c23-25(24,16-9-7-15(8-10-16)22-13-3-12-20-22)21-17-6-1-4-14-5-2-11-19-18(14)17/h1-13,21H. The number of sulfonamides is 1. The highest BCUT2D eigenvalue weighted by Gasteiger charge is 2.16. The van der Waals surface area contributed by atoms with Gasteiger partial charge in [0.1, 0.15) is 0 Å². The number of pyridine rings is 1. The molecule has 0 fully saturated rings. The number of anilines is 1. The van der Waals surface area contributed by atoms with E-state index in [1.165, 1.54) is 0 Å². The Labute approximate surface area is 144 Å². The molecule has 2 aromatic carbocycles. The van der Waals surface area contributed by atoms with Gasteiger partial charge in [0.25, 0.3) is 10.0 Å². The van der Waals surface area contributed by atoms with Crippen LogP contribution in [0.15, 0.2) is 84.1 Å². The first-order chi connectivity index (χ1) is 12.1. The van der Waals surface area contributed by atoms with Crippen LogP contribution in [0.3, 0.4) is 0 Å². The number of hydrogen-bond donors (Lipinski definition) is 1. The van der Waals surface area contributed by atoms with E-state index in [4.69, 9.17) is 0 Å². The van der Waals surface area contributed by atoms with E-state index >= 15 is 0 Å². The molecule has 0 radical (unpaired) electrons. The van der Waals surface area contributed by atoms with Crippen molar-refractivity contribution in [2.75, 3.05) is 4.72 Å². The van der Waals surface area contributed by atoms with Gasteiger partial charge >= 0.3 is 0 Å². The lowest BCUT2D eigenvalue weighted by Crippen LogP contribution is -2.13. The van der Waals surface area contributed by atoms with E-state index in [9.17, 15) is 8.42 Å². The van der Waals surface area contributed by atoms with Crippen LogP contribution in [0.1, 0.15) is 0 Å². The van der Waals surface area contributed by atoms with E-state index in [0.29, 0.717) is 11.2 Å². The van der Waals surface area contributed by atoms with Gasteiger partial charge in [-0.3, -0.25) is 9.71 Å². The Balaban J connectivity index is 1.67. The van der Waals surface area contributed by atoms with Crippen LogP contribution in [-0.2, 0) is 10.0 Å². The molecule has 0 amide bonds. The van der Waals surface area contributed by atoms with Crippen molar-refractivity contribution >= 4 is 26.6 Å². The van der Waals surface area contributed by atoms with E-state index in [1.807, 2.05) is 18.2 Å². The molecule has 0 spiro atoms. The van der Waals surface area contributed by atoms with Crippen LogP contribution >= 0.6 is 0 Å². The molecule has 4 rings (SSSR count). The van der Waals surface area contributed by atoms with E-state index in [-0.39, 0.29) is 4.90 Å². The lowest BCUT2D eigenvalue weighted by molar-refractivity contribution is 0.601. The molecule has 124 valence electrons. The predicted octanol–water partition coefficient (Wildman–Crippen LogP) is 3.22. The molecule has 2 aromatic heterocycles. The van der Waals surface area contributed by atoms with Gasteiger partial charge in [0.15, 0.2) is 0 Å². The molecule has 2 heterocycles. The zero-order valence-electron chi connectivity index (χ0n) is 13.1. The summed E-state index contributed by atoms with van der Waals surface area (Å²) in [5.74, 6) is 0. The molecule has 4 aromatic rings. The van der Waals surface area contributed by atoms with Gasteiger partial charge < -0.3 is 0 Å². The summed E-state index contributed by atoms with van der Waals surface area (Å²) in [6.07, 6.45) is 5.10. The maximum Gasteiger partial charge on any atom is 0.261 e. The van der Waals surface area contributed by atoms with Crippen molar-refractivity contribution in [3.8, 4) is 5.69 Å². The number of hydrogen-bond acceptors (Lipinski definition) is 4. The van der Waals surface area contributed by atoms with Crippen molar-refractivity contribution < 1.29 is 8.42 Å². The van der Waals surface area contributed by atoms with E-state index in [1.54, 1.807) is 65.7 Å². The number of aromatic nitrogens is 3. The highest BCUT2D eigenvalue weighted by atomic mass is 32.2. The molecule has 0 aliphatic rings. The van der Waals surface area contributed by atoms with Crippen LogP contribution in [0.2, 0.25) is 0 Å². The van der Waals surface area contributed by atoms with E-state index in [2.05, 4.69) is 14.8 Å². The number of nitrogens with one attached hydrogen (secondary N) is 1. The second kappa shape index (κ2) is 6.03. The first-order valence-corrected chi connectivity index (χ1v) is 9.08. The number of para-hydroxylation sites is 1. The Morgan fingerprint density at radius 2 is 1.68 bits per heavy atom. The molecule has 0 saturated heterocycles. The first-order valence-electron chi connectivity index (χ1n) is 7.60. The third-order valence-electron chi connectivity index (χ3n) is 3.79. The third-order valence-corrected chi connectivity index (χ3v) is 5.17. The Morgan fingerprint density at radius 3 is 2.44 bits per heavy atom. The van der Waals surface area contributed by atoms with Gasteiger partial charge in [-0.1, -0.05) is 18.2 Å². The van der Waals surface area contributed by atoms with Crippen LogP contribution in [0.4, 0.5) is 5.69 Å². The maximum atomic E-state index is 12.7. The molecule has 0 aliphatic carbocycles. The summed E-state index contributed by atoms with van der Waals surface area (Å²) in [5.41, 5.74) is 1.85. The van der Waals surface area contributed by atoms with Crippen molar-refractivity contribution in [1.82, 2.24) is 14.8 Å². The maximum absolute atomic E-state index is 12.7. The van der Waals surface area contributed by atoms with Crippen molar-refractivity contribution in [3.05, 3.63) is 79.3 Å². The normalized spacial score (nSPS) is 11.5. The minimum absolute atomic E-state index is 0.177. The predicted molar refractivity (Wildman–Crippen MR) is 96.1 cm³/mol. The van der Waals surface area contributed by atoms with E-state index in [0.717, 1.165) is 11.1 Å². The molecule has 25 heavy (non-hydrogen) atoms. The first kappa shape index (κ1) is 15.3. The van der Waals surface area contributed by atoms with Crippen LogP contribution in [0, 0.1) is 0 Å². The van der Waals surface area contributed by atoms with Gasteiger partial charge in [-0.15, -0.1) is 0 Å². The number of benzene rings is 2. The van der Waals surface area contributed by atoms with Gasteiger partial charge in [-0.25, -0.2) is 13.1 Å². The fourth-order valence-electron chi connectivity index (χ4n) is 2.59. The summed E-state index contributed by atoms with van der Waals surface area (Å²) in [4.78, 5) is 4.45. The van der Waals surface area contributed by atoms with Gasteiger partial charge in [0.05, 0.1) is 21.8 Å². The van der Waals surface area contributed by atoms with Crippen molar-refractivity contribution in [2.24, 2.45) is 0 Å². The van der Waals surface area contributed by atoms with Gasteiger partial charge in [0, 0.05) is 24.0 Å². The number of nitrogens with zero attached hydrogens (tertiary/aromatic N) is 3. The Kier molecular flexibility index (Phi) is 3.70. The molecular formula is C18H14N4O2S. The summed E-state index contributed by atoms with van der Waals surface area (Å²) in [6, 6.07) is 17.4. The molecule has 1 N–H and O–H groups in total. The van der Waals surface area contributed by atoms with Gasteiger partial charge in [-0.2, -0.15) is 5.10 Å². The minimum atomic E-state index is -3.71. The third kappa shape index (κ3) is 2.97. The van der Waals surface area contributed by atoms with Crippen LogP contribution in [0.25, 0.3) is 16.6 Å². The highest BCUT2D eigenvalue weighted by Crippen LogP contribution is 2.24. The Hall–Kier alpha value is -3.19. The highest BCUT2D eigenvalue weighted by molar-refractivity contribution is 7.92. The van der Waals surface area contributed by atoms with Crippen LogP contribution in [-0.4, -0.2) is 23.2 Å². The Bertz CT molecular complexity index is 1120. The SMILES string of the molecule is O=S(=O)(Nc1cccc2cccnc12)c1ccc(-n2cccn2)cc1. The summed E-state index contributed by atoms with van der Waals surface area (Å²) in [5, 5.41) is 5.00. The topological polar surface area (TPSA) is 76.9 Å². The summed E-state index contributed by atoms with van der Waals surface area (Å²) >= 11 is 0. The second-order valence-electron chi connectivity index (χ2n) is 5.43. The van der Waals surface area contributed by atoms with Crippen molar-refractivity contribution in [3.63, 3.8) is 0 Å². The zero-order valence-corrected chi connectivity index (χ0v) is 13.9. The molecule has 0 aliphatic heterocycles. The molecule has 6 nitrogen and oxygen atoms in total. The minimum Gasteiger partial charge on any atom is -0.277 e. The fraction of sp³-hybridized carbons (Fsp3) is 0. The summed E-state index contributed by atoms with van der Waals surface area (Å²) < 4.78 is 29.6. The van der Waals surface area contributed by atoms with Crippen molar-refractivity contribution in [1.29, 1.82) is 0 Å². The number of fused-ring (bicyclic) bond motifs is 1. The largest absolute Gasteiger partial charge is 0.277 e. The smallest absolute Gasteiger partial charge is 0.261 e. The molecule has 0 atom stereocenters. The number of rotatable bonds is 4. The fourth-order valence-corrected chi connectivity index (χ4v) is 3.66. The average Bonchev–Trinajstić information content (AvgIpc) is 3.17. The van der Waals surface area contributed by atoms with Crippen molar-refractivity contribution in [2.45, 2.75) is 4.90 Å². The zero-order chi connectivity index (χ0) is 17.3. The summed E-state index contributed by atoms with van der Waals surface area (Å²) in [7, 11) is -3.71. The molecule has 7 heteroatoms. The molecule has 0 bridgehead atoms. The van der Waals surface area contributed by atoms with Crippen LogP contribution in [0.5, 0.6) is 0 Å². The van der Waals surface area contributed by atoms with E-state index < -0.39 is 10.0 Å². The quantitative estimate of drug-likeness (QED) is 0.613. The van der Waals surface area contributed by atoms with Crippen LogP contribution < -0.4 is 4.72 Å². The lowest BCUT2D eigenvalue weighted by atomic mass is 10.2. The Morgan fingerprint density at radius 1 is 0.880 bits per heavy atom. The van der Waals surface area contributed by atoms with Gasteiger partial charge in [0.2, 0.25) is 0 Å². The summed E-state index contributed by atoms with van der Waals surface area (Å²) in [6.45, 7) is 0.